The lowest BCUT2D eigenvalue weighted by atomic mass is 10.1. The van der Waals surface area contributed by atoms with Crippen molar-refractivity contribution in [2.45, 2.75) is 38.6 Å². The first-order valence-electron chi connectivity index (χ1n) is 7.60. The van der Waals surface area contributed by atoms with Crippen LogP contribution in [-0.2, 0) is 0 Å². The van der Waals surface area contributed by atoms with Crippen LogP contribution in [-0.4, -0.2) is 28.6 Å². The molecule has 1 aliphatic carbocycles. The van der Waals surface area contributed by atoms with Crippen molar-refractivity contribution in [2.75, 3.05) is 11.4 Å². The molecule has 2 aromatic rings. The molecule has 1 aliphatic rings. The number of aromatic nitrogens is 1. The first kappa shape index (κ1) is 13.9. The van der Waals surface area contributed by atoms with Crippen molar-refractivity contribution in [3.8, 4) is 0 Å². The number of hydrogen-bond acceptors (Lipinski definition) is 3. The Kier molecular flexibility index (Phi) is 3.78. The van der Waals surface area contributed by atoms with Gasteiger partial charge < -0.3 is 10.0 Å². The molecule has 4 heteroatoms. The summed E-state index contributed by atoms with van der Waals surface area (Å²) in [6, 6.07) is 9.74. The van der Waals surface area contributed by atoms with Crippen LogP contribution in [0.4, 0.5) is 5.82 Å². The number of pyridine rings is 1. The minimum absolute atomic E-state index is 0.318. The molecule has 0 amide bonds. The second kappa shape index (κ2) is 5.72. The van der Waals surface area contributed by atoms with Crippen LogP contribution in [0.25, 0.3) is 10.9 Å². The van der Waals surface area contributed by atoms with Crippen LogP contribution in [0.2, 0.25) is 0 Å². The maximum atomic E-state index is 11.3. The SMILES string of the molecule is CCCCN(c1ccc2c(C(=O)O)cccc2n1)C1CC1. The van der Waals surface area contributed by atoms with Crippen molar-refractivity contribution in [3.63, 3.8) is 0 Å². The molecule has 1 heterocycles. The van der Waals surface area contributed by atoms with Gasteiger partial charge in [0.05, 0.1) is 11.1 Å². The molecule has 1 saturated carbocycles. The van der Waals surface area contributed by atoms with E-state index in [9.17, 15) is 9.90 Å². The van der Waals surface area contributed by atoms with Crippen LogP contribution < -0.4 is 4.90 Å². The zero-order valence-corrected chi connectivity index (χ0v) is 12.2. The van der Waals surface area contributed by atoms with Crippen molar-refractivity contribution >= 4 is 22.7 Å². The van der Waals surface area contributed by atoms with Gasteiger partial charge in [-0.15, -0.1) is 0 Å². The average molecular weight is 284 g/mol. The van der Waals surface area contributed by atoms with Crippen LogP contribution in [0.5, 0.6) is 0 Å². The van der Waals surface area contributed by atoms with Gasteiger partial charge in [-0.2, -0.15) is 0 Å². The second-order valence-electron chi connectivity index (χ2n) is 5.62. The van der Waals surface area contributed by atoms with Crippen molar-refractivity contribution in [3.05, 3.63) is 35.9 Å². The Labute approximate surface area is 124 Å². The maximum absolute atomic E-state index is 11.3. The first-order chi connectivity index (χ1) is 10.2. The van der Waals surface area contributed by atoms with E-state index < -0.39 is 5.97 Å². The monoisotopic (exact) mass is 284 g/mol. The zero-order valence-electron chi connectivity index (χ0n) is 12.2. The molecule has 4 nitrogen and oxygen atoms in total. The predicted molar refractivity (Wildman–Crippen MR) is 84.0 cm³/mol. The molecule has 0 saturated heterocycles. The Balaban J connectivity index is 1.98. The highest BCUT2D eigenvalue weighted by atomic mass is 16.4. The predicted octanol–water partition coefficient (Wildman–Crippen LogP) is 3.70. The molecule has 0 unspecified atom stereocenters. The highest BCUT2D eigenvalue weighted by molar-refractivity contribution is 6.02. The van der Waals surface area contributed by atoms with Crippen LogP contribution in [0.3, 0.4) is 0 Å². The van der Waals surface area contributed by atoms with Gasteiger partial charge in [-0.05, 0) is 43.5 Å². The number of carboxylic acids is 1. The molecule has 110 valence electrons. The van der Waals surface area contributed by atoms with Crippen LogP contribution in [0, 0.1) is 0 Å². The Hall–Kier alpha value is -2.10. The standard InChI is InChI=1S/C17H20N2O2/c1-2-3-11-19(12-7-8-12)16-10-9-13-14(17(20)21)5-4-6-15(13)18-16/h4-6,9-10,12H,2-3,7-8,11H2,1H3,(H,20,21). The number of benzene rings is 1. The van der Waals surface area contributed by atoms with Gasteiger partial charge in [-0.25, -0.2) is 9.78 Å². The summed E-state index contributed by atoms with van der Waals surface area (Å²) in [6.07, 6.45) is 4.79. The Morgan fingerprint density at radius 3 is 2.81 bits per heavy atom. The molecule has 3 rings (SSSR count). The molecule has 0 atom stereocenters. The molecule has 0 radical (unpaired) electrons. The van der Waals surface area contributed by atoms with Gasteiger partial charge in [-0.1, -0.05) is 19.4 Å². The molecule has 0 bridgehead atoms. The van der Waals surface area contributed by atoms with Crippen molar-refractivity contribution < 1.29 is 9.90 Å². The summed E-state index contributed by atoms with van der Waals surface area (Å²) in [5.41, 5.74) is 1.08. The lowest BCUT2D eigenvalue weighted by Gasteiger charge is -2.23. The Bertz CT molecular complexity index is 665. The normalized spacial score (nSPS) is 14.3. The third kappa shape index (κ3) is 2.84. The fourth-order valence-electron chi connectivity index (χ4n) is 2.69. The van der Waals surface area contributed by atoms with E-state index in [4.69, 9.17) is 4.98 Å². The van der Waals surface area contributed by atoms with E-state index in [2.05, 4.69) is 11.8 Å². The van der Waals surface area contributed by atoms with Crippen LogP contribution >= 0.6 is 0 Å². The lowest BCUT2D eigenvalue weighted by molar-refractivity contribution is 0.0699. The number of rotatable bonds is 6. The smallest absolute Gasteiger partial charge is 0.336 e. The Morgan fingerprint density at radius 2 is 2.14 bits per heavy atom. The molecule has 1 N–H and O–H groups in total. The van der Waals surface area contributed by atoms with Gasteiger partial charge in [0.2, 0.25) is 0 Å². The molecular formula is C17H20N2O2. The van der Waals surface area contributed by atoms with Crippen LogP contribution in [0.1, 0.15) is 43.0 Å². The summed E-state index contributed by atoms with van der Waals surface area (Å²) in [5.74, 6) is 0.0705. The van der Waals surface area contributed by atoms with E-state index >= 15 is 0 Å². The number of anilines is 1. The molecule has 0 spiro atoms. The molecule has 1 fully saturated rings. The fraction of sp³-hybridized carbons (Fsp3) is 0.412. The highest BCUT2D eigenvalue weighted by Gasteiger charge is 2.29. The topological polar surface area (TPSA) is 53.4 Å². The molecule has 0 aliphatic heterocycles. The first-order valence-corrected chi connectivity index (χ1v) is 7.60. The largest absolute Gasteiger partial charge is 0.478 e. The second-order valence-corrected chi connectivity index (χ2v) is 5.62. The number of hydrogen-bond donors (Lipinski definition) is 1. The fourth-order valence-corrected chi connectivity index (χ4v) is 2.69. The summed E-state index contributed by atoms with van der Waals surface area (Å²) < 4.78 is 0. The third-order valence-electron chi connectivity index (χ3n) is 3.98. The zero-order chi connectivity index (χ0) is 14.8. The third-order valence-corrected chi connectivity index (χ3v) is 3.98. The van der Waals surface area contributed by atoms with E-state index in [0.717, 1.165) is 24.3 Å². The van der Waals surface area contributed by atoms with E-state index in [1.807, 2.05) is 18.2 Å². The van der Waals surface area contributed by atoms with Gasteiger partial charge in [0.1, 0.15) is 5.82 Å². The van der Waals surface area contributed by atoms with Gasteiger partial charge in [0.25, 0.3) is 0 Å². The van der Waals surface area contributed by atoms with Gasteiger partial charge in [0, 0.05) is 18.0 Å². The lowest BCUT2D eigenvalue weighted by Crippen LogP contribution is -2.27. The van der Waals surface area contributed by atoms with Gasteiger partial charge >= 0.3 is 5.97 Å². The minimum atomic E-state index is -0.903. The quantitative estimate of drug-likeness (QED) is 0.878. The number of unbranched alkanes of at least 4 members (excludes halogenated alkanes) is 1. The van der Waals surface area contributed by atoms with Crippen molar-refractivity contribution in [1.82, 2.24) is 4.98 Å². The van der Waals surface area contributed by atoms with Gasteiger partial charge in [0.15, 0.2) is 0 Å². The van der Waals surface area contributed by atoms with Crippen molar-refractivity contribution in [2.24, 2.45) is 0 Å². The summed E-state index contributed by atoms with van der Waals surface area (Å²) in [5, 5.41) is 9.95. The van der Waals surface area contributed by atoms with E-state index in [-0.39, 0.29) is 0 Å². The summed E-state index contributed by atoms with van der Waals surface area (Å²) in [7, 11) is 0. The van der Waals surface area contributed by atoms with Gasteiger partial charge in [-0.3, -0.25) is 0 Å². The number of aromatic carboxylic acids is 1. The number of carbonyl (C=O) groups is 1. The molecule has 1 aromatic carbocycles. The van der Waals surface area contributed by atoms with E-state index in [1.165, 1.54) is 19.3 Å². The summed E-state index contributed by atoms with van der Waals surface area (Å²) >= 11 is 0. The number of carboxylic acid groups (broad SMARTS) is 1. The van der Waals surface area contributed by atoms with Crippen molar-refractivity contribution in [1.29, 1.82) is 0 Å². The average Bonchev–Trinajstić information content (AvgIpc) is 3.31. The van der Waals surface area contributed by atoms with E-state index in [0.29, 0.717) is 17.0 Å². The minimum Gasteiger partial charge on any atom is -0.478 e. The van der Waals surface area contributed by atoms with E-state index in [1.54, 1.807) is 12.1 Å². The summed E-state index contributed by atoms with van der Waals surface area (Å²) in [4.78, 5) is 18.3. The molecular weight excluding hydrogens is 264 g/mol. The number of fused-ring (bicyclic) bond motifs is 1. The Morgan fingerprint density at radius 1 is 1.33 bits per heavy atom. The number of nitrogens with zero attached hydrogens (tertiary/aromatic N) is 2. The maximum Gasteiger partial charge on any atom is 0.336 e. The molecule has 1 aromatic heterocycles. The van der Waals surface area contributed by atoms with Crippen LogP contribution in [0.15, 0.2) is 30.3 Å². The highest BCUT2D eigenvalue weighted by Crippen LogP contribution is 2.32. The molecule has 21 heavy (non-hydrogen) atoms. The summed E-state index contributed by atoms with van der Waals surface area (Å²) in [6.45, 7) is 3.22.